The van der Waals surface area contributed by atoms with Crippen molar-refractivity contribution in [3.05, 3.63) is 59.5 Å². The third-order valence-electron chi connectivity index (χ3n) is 4.19. The van der Waals surface area contributed by atoms with Crippen LogP contribution in [0.4, 0.5) is 10.2 Å². The number of anilines is 1. The third kappa shape index (κ3) is 3.38. The zero-order chi connectivity index (χ0) is 17.1. The molecule has 1 atom stereocenters. The minimum atomic E-state index is -0.289. The summed E-state index contributed by atoms with van der Waals surface area (Å²) < 4.78 is 13.6. The maximum Gasteiger partial charge on any atom is 0.256 e. The van der Waals surface area contributed by atoms with E-state index in [1.165, 1.54) is 12.1 Å². The fourth-order valence-electron chi connectivity index (χ4n) is 2.90. The first kappa shape index (κ1) is 16.4. The highest BCUT2D eigenvalue weighted by Crippen LogP contribution is 2.25. The van der Waals surface area contributed by atoms with Gasteiger partial charge in [0.2, 0.25) is 0 Å². The van der Waals surface area contributed by atoms with Crippen molar-refractivity contribution in [2.75, 3.05) is 38.6 Å². The van der Waals surface area contributed by atoms with Crippen LogP contribution < -0.4 is 10.2 Å². The quantitative estimate of drug-likeness (QED) is 0.937. The molecule has 0 aliphatic carbocycles. The predicted molar refractivity (Wildman–Crippen MR) is 91.6 cm³/mol. The molecular formula is C18H21FN4O. The van der Waals surface area contributed by atoms with Gasteiger partial charge in [-0.15, -0.1) is 0 Å². The van der Waals surface area contributed by atoms with E-state index < -0.39 is 0 Å². The summed E-state index contributed by atoms with van der Waals surface area (Å²) in [4.78, 5) is 20.9. The Hall–Kier alpha value is -2.47. The summed E-state index contributed by atoms with van der Waals surface area (Å²) in [6.45, 7) is 1.91. The first-order valence-corrected chi connectivity index (χ1v) is 7.97. The van der Waals surface area contributed by atoms with E-state index in [2.05, 4.69) is 10.3 Å². The highest BCUT2D eigenvalue weighted by molar-refractivity contribution is 5.94. The number of hydrogen-bond acceptors (Lipinski definition) is 4. The highest BCUT2D eigenvalue weighted by Gasteiger charge is 2.29. The molecule has 24 heavy (non-hydrogen) atoms. The molecular weight excluding hydrogens is 307 g/mol. The molecule has 1 N–H and O–H groups in total. The van der Waals surface area contributed by atoms with Gasteiger partial charge in [-0.2, -0.15) is 0 Å². The second-order valence-electron chi connectivity index (χ2n) is 6.07. The van der Waals surface area contributed by atoms with E-state index in [9.17, 15) is 9.18 Å². The van der Waals surface area contributed by atoms with Crippen LogP contribution in [0.25, 0.3) is 0 Å². The summed E-state index contributed by atoms with van der Waals surface area (Å²) in [5.41, 5.74) is 1.34. The van der Waals surface area contributed by atoms with Gasteiger partial charge in [0.1, 0.15) is 11.6 Å². The molecule has 126 valence electrons. The molecule has 2 heterocycles. The van der Waals surface area contributed by atoms with Crippen molar-refractivity contribution in [1.82, 2.24) is 15.2 Å². The number of nitrogens with one attached hydrogen (secondary N) is 1. The van der Waals surface area contributed by atoms with Gasteiger partial charge in [0.05, 0.1) is 11.6 Å². The van der Waals surface area contributed by atoms with E-state index in [4.69, 9.17) is 0 Å². The van der Waals surface area contributed by atoms with E-state index in [0.717, 1.165) is 17.9 Å². The van der Waals surface area contributed by atoms with Gasteiger partial charge in [0.25, 0.3) is 5.91 Å². The lowest BCUT2D eigenvalue weighted by molar-refractivity contribution is 0.0633. The van der Waals surface area contributed by atoms with E-state index in [-0.39, 0.29) is 17.8 Å². The van der Waals surface area contributed by atoms with Crippen molar-refractivity contribution in [2.24, 2.45) is 0 Å². The Morgan fingerprint density at radius 2 is 2.17 bits per heavy atom. The van der Waals surface area contributed by atoms with Crippen LogP contribution in [0.1, 0.15) is 22.0 Å². The molecule has 1 aliphatic rings. The molecule has 0 radical (unpaired) electrons. The van der Waals surface area contributed by atoms with Crippen LogP contribution in [0.3, 0.4) is 0 Å². The first-order chi connectivity index (χ1) is 11.6. The Morgan fingerprint density at radius 1 is 1.33 bits per heavy atom. The fourth-order valence-corrected chi connectivity index (χ4v) is 2.90. The third-order valence-corrected chi connectivity index (χ3v) is 4.19. The van der Waals surface area contributed by atoms with Crippen LogP contribution in [0.2, 0.25) is 0 Å². The van der Waals surface area contributed by atoms with Crippen molar-refractivity contribution in [3.8, 4) is 0 Å². The summed E-state index contributed by atoms with van der Waals surface area (Å²) in [5, 5.41) is 3.27. The largest absolute Gasteiger partial charge is 0.363 e. The molecule has 3 rings (SSSR count). The number of pyridine rings is 1. The van der Waals surface area contributed by atoms with E-state index in [1.807, 2.05) is 31.1 Å². The molecule has 1 fully saturated rings. The molecule has 5 nitrogen and oxygen atoms in total. The topological polar surface area (TPSA) is 48.5 Å². The van der Waals surface area contributed by atoms with Crippen LogP contribution in [-0.4, -0.2) is 49.5 Å². The average molecular weight is 328 g/mol. The molecule has 1 saturated heterocycles. The number of benzene rings is 1. The van der Waals surface area contributed by atoms with E-state index in [0.29, 0.717) is 18.7 Å². The molecule has 0 saturated carbocycles. The van der Waals surface area contributed by atoms with Gasteiger partial charge in [-0.1, -0.05) is 12.1 Å². The molecule has 1 aromatic carbocycles. The number of amides is 1. The molecule has 1 amide bonds. The Morgan fingerprint density at radius 3 is 2.83 bits per heavy atom. The normalized spacial score (nSPS) is 17.6. The maximum atomic E-state index is 13.6. The monoisotopic (exact) mass is 328 g/mol. The zero-order valence-electron chi connectivity index (χ0n) is 13.9. The maximum absolute atomic E-state index is 13.6. The van der Waals surface area contributed by atoms with Crippen LogP contribution in [0.5, 0.6) is 0 Å². The van der Waals surface area contributed by atoms with Gasteiger partial charge < -0.3 is 15.1 Å². The number of rotatable bonds is 3. The molecule has 2 aromatic rings. The summed E-state index contributed by atoms with van der Waals surface area (Å²) in [5.74, 6) is 0.430. The number of carbonyl (C=O) groups excluding carboxylic acids is 1. The minimum Gasteiger partial charge on any atom is -0.363 e. The molecule has 0 bridgehead atoms. The molecule has 6 heteroatoms. The molecule has 1 aliphatic heterocycles. The minimum absolute atomic E-state index is 0.0800. The average Bonchev–Trinajstić information content (AvgIpc) is 2.61. The molecule has 1 aromatic heterocycles. The van der Waals surface area contributed by atoms with Crippen molar-refractivity contribution >= 4 is 11.7 Å². The Labute approximate surface area is 141 Å². The smallest absolute Gasteiger partial charge is 0.256 e. The van der Waals surface area contributed by atoms with Gasteiger partial charge in [-0.25, -0.2) is 9.37 Å². The van der Waals surface area contributed by atoms with Crippen molar-refractivity contribution in [2.45, 2.75) is 6.04 Å². The van der Waals surface area contributed by atoms with Gasteiger partial charge in [-0.3, -0.25) is 4.79 Å². The zero-order valence-corrected chi connectivity index (χ0v) is 13.9. The van der Waals surface area contributed by atoms with Gasteiger partial charge >= 0.3 is 0 Å². The fraction of sp³-hybridized carbons (Fsp3) is 0.333. The molecule has 0 spiro atoms. The predicted octanol–water partition coefficient (Wildman–Crippen LogP) is 2.07. The molecule has 1 unspecified atom stereocenters. The van der Waals surface area contributed by atoms with Gasteiger partial charge in [0, 0.05) is 39.9 Å². The number of hydrogen-bond donors (Lipinski definition) is 1. The summed E-state index contributed by atoms with van der Waals surface area (Å²) in [6, 6.07) is 9.86. The second kappa shape index (κ2) is 6.97. The van der Waals surface area contributed by atoms with E-state index >= 15 is 0 Å². The Balaban J connectivity index is 1.85. The second-order valence-corrected chi connectivity index (χ2v) is 6.07. The first-order valence-electron chi connectivity index (χ1n) is 7.97. The Bertz CT molecular complexity index is 717. The van der Waals surface area contributed by atoms with Crippen LogP contribution in [-0.2, 0) is 0 Å². The number of nitrogens with zero attached hydrogens (tertiary/aromatic N) is 3. The summed E-state index contributed by atoms with van der Waals surface area (Å²) >= 11 is 0. The number of carbonyl (C=O) groups is 1. The number of halogens is 1. The Kier molecular flexibility index (Phi) is 4.76. The van der Waals surface area contributed by atoms with Crippen LogP contribution in [0.15, 0.2) is 42.6 Å². The SMILES string of the molecule is CN(C)c1ccc(C(=O)N2CCNCC2c2cccc(F)c2)cn1. The number of piperazine rings is 1. The van der Waals surface area contributed by atoms with Crippen molar-refractivity contribution in [3.63, 3.8) is 0 Å². The number of aromatic nitrogens is 1. The summed E-state index contributed by atoms with van der Waals surface area (Å²) in [7, 11) is 3.81. The highest BCUT2D eigenvalue weighted by atomic mass is 19.1. The van der Waals surface area contributed by atoms with Crippen molar-refractivity contribution < 1.29 is 9.18 Å². The van der Waals surface area contributed by atoms with E-state index in [1.54, 1.807) is 23.2 Å². The van der Waals surface area contributed by atoms with Gasteiger partial charge in [0.15, 0.2) is 0 Å². The van der Waals surface area contributed by atoms with Crippen molar-refractivity contribution in [1.29, 1.82) is 0 Å². The lowest BCUT2D eigenvalue weighted by Gasteiger charge is -2.36. The lowest BCUT2D eigenvalue weighted by Crippen LogP contribution is -2.48. The van der Waals surface area contributed by atoms with Crippen LogP contribution in [0, 0.1) is 5.82 Å². The van der Waals surface area contributed by atoms with Gasteiger partial charge in [-0.05, 0) is 29.8 Å². The standard InChI is InChI=1S/C18H21FN4O/c1-22(2)17-7-6-14(11-21-17)18(24)23-9-8-20-12-16(23)13-4-3-5-15(19)10-13/h3-7,10-11,16,20H,8-9,12H2,1-2H3. The van der Waals surface area contributed by atoms with Crippen LogP contribution >= 0.6 is 0 Å². The summed E-state index contributed by atoms with van der Waals surface area (Å²) in [6.07, 6.45) is 1.60. The lowest BCUT2D eigenvalue weighted by atomic mass is 10.0.